The highest BCUT2D eigenvalue weighted by molar-refractivity contribution is 6.09. The van der Waals surface area contributed by atoms with Crippen molar-refractivity contribution in [3.8, 4) is 0 Å². The van der Waals surface area contributed by atoms with Crippen LogP contribution in [0.2, 0.25) is 0 Å². The van der Waals surface area contributed by atoms with E-state index in [9.17, 15) is 18.0 Å². The molecule has 126 valence electrons. The van der Waals surface area contributed by atoms with Crippen molar-refractivity contribution in [2.24, 2.45) is 0 Å². The van der Waals surface area contributed by atoms with Gasteiger partial charge in [-0.1, -0.05) is 36.4 Å². The van der Waals surface area contributed by atoms with Crippen LogP contribution in [0.1, 0.15) is 22.3 Å². The summed E-state index contributed by atoms with van der Waals surface area (Å²) in [6.45, 7) is 0.333. The minimum absolute atomic E-state index is 0.253. The largest absolute Gasteiger partial charge is 0.405 e. The molecule has 3 nitrogen and oxygen atoms in total. The summed E-state index contributed by atoms with van der Waals surface area (Å²) in [5, 5.41) is 6.76. The van der Waals surface area contributed by atoms with Gasteiger partial charge >= 0.3 is 6.18 Å². The Labute approximate surface area is 137 Å². The van der Waals surface area contributed by atoms with Crippen molar-refractivity contribution in [2.45, 2.75) is 12.6 Å². The van der Waals surface area contributed by atoms with E-state index in [1.165, 1.54) is 0 Å². The fourth-order valence-corrected chi connectivity index (χ4v) is 2.91. The van der Waals surface area contributed by atoms with Gasteiger partial charge in [0, 0.05) is 12.1 Å². The van der Waals surface area contributed by atoms with Gasteiger partial charge in [0.15, 0.2) is 0 Å². The van der Waals surface area contributed by atoms with Gasteiger partial charge < -0.3 is 10.6 Å². The molecular weight excluding hydrogens is 317 g/mol. The zero-order valence-electron chi connectivity index (χ0n) is 12.9. The van der Waals surface area contributed by atoms with Crippen LogP contribution in [0.4, 0.5) is 13.2 Å². The quantitative estimate of drug-likeness (QED) is 0.902. The van der Waals surface area contributed by atoms with Gasteiger partial charge in [-0.2, -0.15) is 13.2 Å². The first-order valence-corrected chi connectivity index (χ1v) is 7.72. The second-order valence-electron chi connectivity index (χ2n) is 5.70. The monoisotopic (exact) mass is 334 g/mol. The van der Waals surface area contributed by atoms with Gasteiger partial charge in [-0.15, -0.1) is 0 Å². The highest BCUT2D eigenvalue weighted by Crippen LogP contribution is 2.28. The summed E-state index contributed by atoms with van der Waals surface area (Å²) in [4.78, 5) is 12.2. The lowest BCUT2D eigenvalue weighted by Crippen LogP contribution is -2.33. The number of rotatable bonds is 3. The minimum Gasteiger partial charge on any atom is -0.343 e. The highest BCUT2D eigenvalue weighted by Gasteiger charge is 2.28. The standard InChI is InChI=1S/C18H17F3N2O/c19-18(20,21)11-23-17(24)16-8-2-6-14-13(5-1-7-15(14)16)12-4-3-9-22-10-12/h1-2,4-8,22H,3,9-11H2,(H,23,24). The van der Waals surface area contributed by atoms with E-state index in [2.05, 4.69) is 11.4 Å². The maximum Gasteiger partial charge on any atom is 0.405 e. The number of carbonyl (C=O) groups is 1. The lowest BCUT2D eigenvalue weighted by Gasteiger charge is -2.17. The first kappa shape index (κ1) is 16.5. The van der Waals surface area contributed by atoms with E-state index in [1.54, 1.807) is 18.2 Å². The number of halogens is 3. The van der Waals surface area contributed by atoms with Crippen molar-refractivity contribution in [1.82, 2.24) is 10.6 Å². The number of nitrogens with one attached hydrogen (secondary N) is 2. The van der Waals surface area contributed by atoms with Gasteiger partial charge in [0.1, 0.15) is 6.54 Å². The van der Waals surface area contributed by atoms with Crippen LogP contribution < -0.4 is 10.6 Å². The third-order valence-electron chi connectivity index (χ3n) is 3.99. The van der Waals surface area contributed by atoms with Crippen LogP contribution in [-0.2, 0) is 0 Å². The van der Waals surface area contributed by atoms with E-state index in [-0.39, 0.29) is 5.56 Å². The maximum absolute atomic E-state index is 12.3. The molecule has 0 atom stereocenters. The zero-order valence-corrected chi connectivity index (χ0v) is 12.9. The Morgan fingerprint density at radius 2 is 1.88 bits per heavy atom. The summed E-state index contributed by atoms with van der Waals surface area (Å²) in [5.41, 5.74) is 2.40. The van der Waals surface area contributed by atoms with Crippen molar-refractivity contribution in [3.05, 3.63) is 53.6 Å². The first-order valence-electron chi connectivity index (χ1n) is 7.72. The molecule has 6 heteroatoms. The number of hydrogen-bond donors (Lipinski definition) is 2. The molecule has 0 bridgehead atoms. The average molecular weight is 334 g/mol. The Kier molecular flexibility index (Phi) is 4.57. The molecular formula is C18H17F3N2O. The van der Waals surface area contributed by atoms with Crippen molar-refractivity contribution >= 4 is 22.3 Å². The number of fused-ring (bicyclic) bond motifs is 1. The Morgan fingerprint density at radius 3 is 2.58 bits per heavy atom. The predicted octanol–water partition coefficient (Wildman–Crippen LogP) is 3.51. The summed E-state index contributed by atoms with van der Waals surface area (Å²) in [7, 11) is 0. The smallest absolute Gasteiger partial charge is 0.343 e. The number of amides is 1. The molecule has 0 saturated carbocycles. The minimum atomic E-state index is -4.43. The number of hydrogen-bond acceptors (Lipinski definition) is 2. The lowest BCUT2D eigenvalue weighted by molar-refractivity contribution is -0.123. The normalized spacial score (nSPS) is 15.2. The Morgan fingerprint density at radius 1 is 1.12 bits per heavy atom. The highest BCUT2D eigenvalue weighted by atomic mass is 19.4. The van der Waals surface area contributed by atoms with Gasteiger partial charge in [0.2, 0.25) is 0 Å². The van der Waals surface area contributed by atoms with Gasteiger partial charge in [-0.3, -0.25) is 4.79 Å². The van der Waals surface area contributed by atoms with Crippen LogP contribution in [0.3, 0.4) is 0 Å². The van der Waals surface area contributed by atoms with E-state index < -0.39 is 18.6 Å². The summed E-state index contributed by atoms with van der Waals surface area (Å²) in [6, 6.07) is 10.7. The van der Waals surface area contributed by atoms with E-state index in [0.29, 0.717) is 5.39 Å². The second kappa shape index (κ2) is 6.65. The first-order chi connectivity index (χ1) is 11.5. The molecule has 1 amide bonds. The SMILES string of the molecule is O=C(NCC(F)(F)F)c1cccc2c(C3=CCCNC3)cccc12. The molecule has 0 aliphatic carbocycles. The molecule has 2 aromatic rings. The third-order valence-corrected chi connectivity index (χ3v) is 3.99. The van der Waals surface area contributed by atoms with Crippen LogP contribution in [0.25, 0.3) is 16.3 Å². The van der Waals surface area contributed by atoms with E-state index in [4.69, 9.17) is 0 Å². The molecule has 0 spiro atoms. The summed E-state index contributed by atoms with van der Waals surface area (Å²) >= 11 is 0. The van der Waals surface area contributed by atoms with Gasteiger partial charge in [0.05, 0.1) is 0 Å². The molecule has 2 N–H and O–H groups in total. The molecule has 3 rings (SSSR count). The molecule has 0 radical (unpaired) electrons. The topological polar surface area (TPSA) is 41.1 Å². The Balaban J connectivity index is 1.99. The third kappa shape index (κ3) is 3.59. The van der Waals surface area contributed by atoms with Crippen LogP contribution in [-0.4, -0.2) is 31.7 Å². The molecule has 2 aromatic carbocycles. The molecule has 0 unspecified atom stereocenters. The number of carbonyl (C=O) groups excluding carboxylic acids is 1. The fraction of sp³-hybridized carbons (Fsp3) is 0.278. The number of benzene rings is 2. The molecule has 24 heavy (non-hydrogen) atoms. The summed E-state index contributed by atoms with van der Waals surface area (Å²) in [5.74, 6) is -0.717. The van der Waals surface area contributed by atoms with Crippen molar-refractivity contribution < 1.29 is 18.0 Å². The number of alkyl halides is 3. The summed E-state index contributed by atoms with van der Waals surface area (Å²) < 4.78 is 37.0. The van der Waals surface area contributed by atoms with E-state index >= 15 is 0 Å². The van der Waals surface area contributed by atoms with Gasteiger partial charge in [-0.25, -0.2) is 0 Å². The molecule has 1 aliphatic heterocycles. The molecule has 0 fully saturated rings. The van der Waals surface area contributed by atoms with Gasteiger partial charge in [-0.05, 0) is 40.9 Å². The molecule has 1 heterocycles. The Hall–Kier alpha value is -2.34. The van der Waals surface area contributed by atoms with E-state index in [1.807, 2.05) is 23.5 Å². The van der Waals surface area contributed by atoms with Crippen LogP contribution in [0, 0.1) is 0 Å². The van der Waals surface area contributed by atoms with Crippen molar-refractivity contribution in [3.63, 3.8) is 0 Å². The summed E-state index contributed by atoms with van der Waals surface area (Å²) in [6.07, 6.45) is -1.34. The van der Waals surface area contributed by atoms with Crippen molar-refractivity contribution in [1.29, 1.82) is 0 Å². The van der Waals surface area contributed by atoms with Crippen LogP contribution >= 0.6 is 0 Å². The lowest BCUT2D eigenvalue weighted by atomic mass is 9.94. The second-order valence-corrected chi connectivity index (χ2v) is 5.70. The molecule has 0 saturated heterocycles. The fourth-order valence-electron chi connectivity index (χ4n) is 2.91. The molecule has 1 aliphatic rings. The molecule has 0 aromatic heterocycles. The zero-order chi connectivity index (χ0) is 17.2. The average Bonchev–Trinajstić information content (AvgIpc) is 2.58. The maximum atomic E-state index is 12.3. The van der Waals surface area contributed by atoms with E-state index in [0.717, 1.165) is 36.0 Å². The van der Waals surface area contributed by atoms with Crippen LogP contribution in [0.5, 0.6) is 0 Å². The van der Waals surface area contributed by atoms with Crippen molar-refractivity contribution in [2.75, 3.05) is 19.6 Å². The van der Waals surface area contributed by atoms with Gasteiger partial charge in [0.25, 0.3) is 5.91 Å². The van der Waals surface area contributed by atoms with Crippen LogP contribution in [0.15, 0.2) is 42.5 Å². The Bertz CT molecular complexity index is 796. The predicted molar refractivity (Wildman–Crippen MR) is 87.8 cm³/mol.